The van der Waals surface area contributed by atoms with E-state index in [9.17, 15) is 20.4 Å². The monoisotopic (exact) mass is 1260 g/mol. The van der Waals surface area contributed by atoms with Crippen molar-refractivity contribution >= 4 is 71.2 Å². The highest BCUT2D eigenvalue weighted by molar-refractivity contribution is 9.10. The summed E-state index contributed by atoms with van der Waals surface area (Å²) < 4.78 is 31.4. The first-order valence-electron chi connectivity index (χ1n) is 29.7. The molecule has 454 valence electrons. The highest BCUT2D eigenvalue weighted by Gasteiger charge is 2.37. The van der Waals surface area contributed by atoms with E-state index in [-0.39, 0.29) is 25.0 Å². The molecule has 0 atom stereocenters. The Kier molecular flexibility index (Phi) is 23.0. The summed E-state index contributed by atoms with van der Waals surface area (Å²) in [6.45, 7) is 32.3. The molecular weight excluding hydrogens is 1170 g/mol. The van der Waals surface area contributed by atoms with Crippen LogP contribution in [-0.4, -0.2) is 169 Å². The number of para-hydroxylation sites is 1. The lowest BCUT2D eigenvalue weighted by atomic mass is 9.78. The minimum atomic E-state index is -1.27. The van der Waals surface area contributed by atoms with Crippen LogP contribution in [-0.2, 0) is 18.9 Å². The van der Waals surface area contributed by atoms with Crippen molar-refractivity contribution < 1.29 is 39.4 Å². The van der Waals surface area contributed by atoms with Gasteiger partial charge in [-0.2, -0.15) is 24.3 Å². The molecule has 0 aliphatic heterocycles. The summed E-state index contributed by atoms with van der Waals surface area (Å²) in [5.74, 6) is 2.08. The van der Waals surface area contributed by atoms with Crippen molar-refractivity contribution in [2.75, 3.05) is 76.4 Å². The molecule has 0 bridgehead atoms. The van der Waals surface area contributed by atoms with Gasteiger partial charge in [-0.05, 0) is 104 Å². The molecule has 4 N–H and O–H groups in total. The van der Waals surface area contributed by atoms with Crippen LogP contribution < -0.4 is 9.80 Å². The van der Waals surface area contributed by atoms with Crippen LogP contribution in [0.15, 0.2) is 71.7 Å². The number of ether oxygens (including phenoxy) is 4. The first-order chi connectivity index (χ1) is 38.7. The van der Waals surface area contributed by atoms with Crippen LogP contribution in [0.2, 0.25) is 103 Å². The van der Waals surface area contributed by atoms with Gasteiger partial charge in [0, 0.05) is 106 Å². The number of aliphatic hydroxyl groups is 4. The molecule has 0 amide bonds. The van der Waals surface area contributed by atoms with Gasteiger partial charge in [0.2, 0.25) is 0 Å². The lowest BCUT2D eigenvalue weighted by molar-refractivity contribution is -0.0459. The summed E-state index contributed by atoms with van der Waals surface area (Å²) in [7, 11) is -4.90. The predicted octanol–water partition coefficient (Wildman–Crippen LogP) is 11.7. The van der Waals surface area contributed by atoms with Gasteiger partial charge in [-0.15, -0.1) is 0 Å². The third-order valence-electron chi connectivity index (χ3n) is 15.7. The van der Waals surface area contributed by atoms with Crippen LogP contribution in [0.3, 0.4) is 0 Å². The number of aliphatic hydroxyl groups excluding tert-OH is 2. The van der Waals surface area contributed by atoms with E-state index >= 15 is 0 Å². The fourth-order valence-electron chi connectivity index (χ4n) is 9.99. The summed E-state index contributed by atoms with van der Waals surface area (Å²) in [6, 6.07) is 18.5. The minimum absolute atomic E-state index is 0.0946. The van der Waals surface area contributed by atoms with Gasteiger partial charge < -0.3 is 49.2 Å². The lowest BCUT2D eigenvalue weighted by Crippen LogP contribution is -2.37. The molecule has 2 aliphatic rings. The Hall–Kier alpha value is -3.70. The second kappa shape index (κ2) is 28.7. The van der Waals surface area contributed by atoms with Crippen molar-refractivity contribution in [1.82, 2.24) is 39.0 Å². The average molecular weight is 1270 g/mol. The van der Waals surface area contributed by atoms with Gasteiger partial charge in [-0.3, -0.25) is 0 Å². The number of benzene rings is 1. The Morgan fingerprint density at radius 2 is 1.09 bits per heavy atom. The summed E-state index contributed by atoms with van der Waals surface area (Å²) in [4.78, 5) is 14.4. The minimum Gasteiger partial charge on any atom is -0.393 e. The van der Waals surface area contributed by atoms with E-state index in [4.69, 9.17) is 34.0 Å². The Morgan fingerprint density at radius 3 is 1.57 bits per heavy atom. The predicted molar refractivity (Wildman–Crippen MR) is 344 cm³/mol. The third kappa shape index (κ3) is 19.1. The fraction of sp³-hybridized carbons (Fsp3) is 0.644. The van der Waals surface area contributed by atoms with E-state index in [1.807, 2.05) is 68.7 Å². The van der Waals surface area contributed by atoms with Crippen LogP contribution in [0.25, 0.3) is 28.1 Å². The number of fused-ring (bicyclic) bond motifs is 2. The normalized spacial score (nSPS) is 20.1. The molecule has 5 heterocycles. The first kappa shape index (κ1) is 65.8. The van der Waals surface area contributed by atoms with E-state index in [1.165, 1.54) is 0 Å². The third-order valence-corrected chi connectivity index (χ3v) is 23.3. The molecule has 8 rings (SSSR count). The van der Waals surface area contributed by atoms with Crippen molar-refractivity contribution in [3.05, 3.63) is 83.1 Å². The highest BCUT2D eigenvalue weighted by Crippen LogP contribution is 2.44. The standard InChI is InChI=1S/C34H51BrN6O4Si2.C25H46N4O4Si2/c1-46(2,3)18-16-44-24-39(25-45-17-19-47(4,5)6)33-30(35)31(26-12-14-34(43,23-42)15-13-26)38-32-29(21-37-41(32)33)27-20-36-40(22-27)28-10-8-7-9-11-28;1-34(2,3)15-13-32-19-28(20-33-14-16-35(4,5)6)24-17-22(27-23-9-12-26-29(23)24)21-7-10-25(31,18-30)11-8-21/h7-11,20-22,26,42-43H,12-19,23-25H2,1-6H3;9,12,17,21,30-31H,7-8,10-11,13-16,18-20H2,1-6H3. The van der Waals surface area contributed by atoms with Crippen molar-refractivity contribution in [2.45, 2.75) is 177 Å². The van der Waals surface area contributed by atoms with Gasteiger partial charge in [0.25, 0.3) is 0 Å². The van der Waals surface area contributed by atoms with Crippen LogP contribution >= 0.6 is 15.9 Å². The van der Waals surface area contributed by atoms with Crippen molar-refractivity contribution in [2.24, 2.45) is 0 Å². The van der Waals surface area contributed by atoms with Gasteiger partial charge in [-0.25, -0.2) is 14.6 Å². The Balaban J connectivity index is 0.000000247. The molecule has 1 aromatic carbocycles. The molecule has 5 aromatic heterocycles. The van der Waals surface area contributed by atoms with Crippen LogP contribution in [0.1, 0.15) is 74.6 Å². The number of hydrogen-bond acceptors (Lipinski definition) is 15. The largest absolute Gasteiger partial charge is 0.393 e. The van der Waals surface area contributed by atoms with E-state index in [0.717, 1.165) is 106 Å². The fourth-order valence-corrected chi connectivity index (χ4v) is 13.9. The van der Waals surface area contributed by atoms with Crippen LogP contribution in [0.4, 0.5) is 11.6 Å². The SMILES string of the molecule is C[Si](C)(C)CCOCN(COCC[Si](C)(C)C)c1c(Br)c(C2CCC(O)(CO)CC2)nc2c(-c3cnn(-c4ccccc4)c3)cnn12.C[Si](C)(C)CCOCN(COCC[Si](C)(C)C)c1cc(C2CCC(O)(CO)CC2)nc2ccnn12. The molecule has 23 heteroatoms. The van der Waals surface area contributed by atoms with E-state index < -0.39 is 43.5 Å². The molecule has 18 nitrogen and oxygen atoms in total. The van der Waals surface area contributed by atoms with E-state index in [2.05, 4.69) is 121 Å². The number of aromatic nitrogens is 8. The first-order valence-corrected chi connectivity index (χ1v) is 45.3. The second-order valence-electron chi connectivity index (χ2n) is 27.9. The summed E-state index contributed by atoms with van der Waals surface area (Å²) in [6.07, 6.45) is 12.7. The quantitative estimate of drug-likeness (QED) is 0.0205. The Bertz CT molecular complexity index is 2880. The number of hydrogen-bond donors (Lipinski definition) is 4. The van der Waals surface area contributed by atoms with Gasteiger partial charge >= 0.3 is 0 Å². The summed E-state index contributed by atoms with van der Waals surface area (Å²) in [5, 5.41) is 54.7. The second-order valence-corrected chi connectivity index (χ2v) is 51.1. The molecule has 0 saturated heterocycles. The molecule has 6 aromatic rings. The molecule has 0 spiro atoms. The number of anilines is 2. The Labute approximate surface area is 500 Å². The van der Waals surface area contributed by atoms with E-state index in [0.29, 0.717) is 78.7 Å². The molecule has 2 aliphatic carbocycles. The molecule has 2 saturated carbocycles. The smallest absolute Gasteiger partial charge is 0.165 e. The Morgan fingerprint density at radius 1 is 0.598 bits per heavy atom. The van der Waals surface area contributed by atoms with Crippen LogP contribution in [0, 0.1) is 0 Å². The van der Waals surface area contributed by atoms with Crippen molar-refractivity contribution in [1.29, 1.82) is 0 Å². The number of nitrogens with zero attached hydrogens (tertiary/aromatic N) is 10. The zero-order valence-electron chi connectivity index (χ0n) is 51.3. The molecule has 0 unspecified atom stereocenters. The molecular formula is C59H97BrN10O8Si4. The van der Waals surface area contributed by atoms with Gasteiger partial charge in [0.1, 0.15) is 32.7 Å². The highest BCUT2D eigenvalue weighted by atomic mass is 79.9. The van der Waals surface area contributed by atoms with Gasteiger partial charge in [0.05, 0.1) is 58.9 Å². The average Bonchev–Trinajstić information content (AvgIpc) is 4.38. The zero-order chi connectivity index (χ0) is 59.5. The topological polar surface area (TPSA) is 203 Å². The summed E-state index contributed by atoms with van der Waals surface area (Å²) >= 11 is 3.98. The maximum Gasteiger partial charge on any atom is 0.165 e. The maximum absolute atomic E-state index is 10.8. The van der Waals surface area contributed by atoms with Crippen molar-refractivity contribution in [3.63, 3.8) is 0 Å². The molecule has 0 radical (unpaired) electrons. The van der Waals surface area contributed by atoms with Crippen molar-refractivity contribution in [3.8, 4) is 16.8 Å². The zero-order valence-corrected chi connectivity index (χ0v) is 56.9. The number of halogens is 1. The summed E-state index contributed by atoms with van der Waals surface area (Å²) in [5.41, 5.74) is 4.22. The molecule has 2 fully saturated rings. The molecule has 82 heavy (non-hydrogen) atoms. The number of rotatable bonds is 28. The van der Waals surface area contributed by atoms with Gasteiger partial charge in [0.15, 0.2) is 17.1 Å². The lowest BCUT2D eigenvalue weighted by Gasteiger charge is -2.35. The van der Waals surface area contributed by atoms with Crippen LogP contribution in [0.5, 0.6) is 0 Å². The van der Waals surface area contributed by atoms with Gasteiger partial charge in [-0.1, -0.05) is 96.8 Å². The van der Waals surface area contributed by atoms with E-state index in [1.54, 1.807) is 6.20 Å². The maximum atomic E-state index is 10.8.